The van der Waals surface area contributed by atoms with Crippen LogP contribution in [0.5, 0.6) is 0 Å². The molecule has 35 heavy (non-hydrogen) atoms. The quantitative estimate of drug-likeness (QED) is 0.280. The molecule has 0 unspecified atom stereocenters. The van der Waals surface area contributed by atoms with Crippen LogP contribution in [0.15, 0.2) is 115 Å². The first-order chi connectivity index (χ1) is 17.3. The van der Waals surface area contributed by atoms with Gasteiger partial charge in [0.1, 0.15) is 0 Å². The topological polar surface area (TPSA) is 24.3 Å². The third-order valence-corrected chi connectivity index (χ3v) is 6.96. The van der Waals surface area contributed by atoms with Crippen LogP contribution < -0.4 is 9.80 Å². The van der Waals surface area contributed by atoms with E-state index in [0.29, 0.717) is 0 Å². The fourth-order valence-electron chi connectivity index (χ4n) is 5.36. The van der Waals surface area contributed by atoms with Gasteiger partial charge in [0.25, 0.3) is 0 Å². The summed E-state index contributed by atoms with van der Waals surface area (Å²) in [5.74, 6) is 1.00. The zero-order valence-corrected chi connectivity index (χ0v) is 19.5. The summed E-state index contributed by atoms with van der Waals surface area (Å²) < 4.78 is 2.36. The fraction of sp³-hybridized carbons (Fsp3) is 0.0645. The lowest BCUT2D eigenvalue weighted by molar-refractivity contribution is 0.944. The summed E-state index contributed by atoms with van der Waals surface area (Å²) >= 11 is 0. The predicted molar refractivity (Wildman–Crippen MR) is 146 cm³/mol. The fourth-order valence-corrected chi connectivity index (χ4v) is 5.36. The second-order valence-electron chi connectivity index (χ2n) is 9.06. The van der Waals surface area contributed by atoms with E-state index in [1.54, 1.807) is 0 Å². The highest BCUT2D eigenvalue weighted by Crippen LogP contribution is 2.43. The molecule has 4 heteroatoms. The van der Waals surface area contributed by atoms with Gasteiger partial charge in [-0.25, -0.2) is 4.98 Å². The van der Waals surface area contributed by atoms with Gasteiger partial charge in [0, 0.05) is 41.0 Å². The van der Waals surface area contributed by atoms with E-state index in [1.165, 1.54) is 33.1 Å². The highest BCUT2D eigenvalue weighted by atomic mass is 15.4. The van der Waals surface area contributed by atoms with E-state index in [9.17, 15) is 0 Å². The standard InChI is InChI=1S/C31H24N4/c1-33-21-34(23-11-4-2-5-12-23)31-29(33)19-22(20-32-31)25-16-10-18-28-30(25)26-15-8-9-17-27(26)35(28)24-13-6-3-7-14-24/h2-20H,21H2,1H3. The second kappa shape index (κ2) is 7.74. The first-order valence-corrected chi connectivity index (χ1v) is 11.9. The minimum absolute atomic E-state index is 0.785. The molecule has 0 fully saturated rings. The van der Waals surface area contributed by atoms with Gasteiger partial charge in [-0.3, -0.25) is 0 Å². The van der Waals surface area contributed by atoms with E-state index in [-0.39, 0.29) is 0 Å². The monoisotopic (exact) mass is 452 g/mol. The average Bonchev–Trinajstić information content (AvgIpc) is 3.44. The molecule has 0 spiro atoms. The van der Waals surface area contributed by atoms with E-state index in [2.05, 4.69) is 125 Å². The van der Waals surface area contributed by atoms with Crippen LogP contribution in [-0.2, 0) is 0 Å². The maximum absolute atomic E-state index is 4.97. The number of anilines is 3. The molecule has 1 aliphatic heterocycles. The van der Waals surface area contributed by atoms with Gasteiger partial charge in [-0.2, -0.15) is 0 Å². The van der Waals surface area contributed by atoms with Crippen molar-refractivity contribution >= 4 is 39.0 Å². The molecule has 0 saturated heterocycles. The Morgan fingerprint density at radius 2 is 1.37 bits per heavy atom. The first kappa shape index (κ1) is 19.9. The number of benzene rings is 4. The van der Waals surface area contributed by atoms with Crippen molar-refractivity contribution in [1.29, 1.82) is 0 Å². The van der Waals surface area contributed by atoms with E-state index in [1.807, 2.05) is 12.3 Å². The molecule has 0 atom stereocenters. The lowest BCUT2D eigenvalue weighted by Gasteiger charge is -2.18. The Bertz CT molecular complexity index is 1690. The van der Waals surface area contributed by atoms with Crippen LogP contribution in [0.4, 0.5) is 17.2 Å². The molecule has 0 N–H and O–H groups in total. The van der Waals surface area contributed by atoms with Crippen molar-refractivity contribution in [2.45, 2.75) is 0 Å². The van der Waals surface area contributed by atoms with Crippen LogP contribution in [0.1, 0.15) is 0 Å². The minimum Gasteiger partial charge on any atom is -0.353 e. The molecule has 0 aliphatic carbocycles. The molecular weight excluding hydrogens is 428 g/mol. The molecule has 0 bridgehead atoms. The van der Waals surface area contributed by atoms with Crippen LogP contribution in [0.25, 0.3) is 38.6 Å². The van der Waals surface area contributed by atoms with Gasteiger partial charge in [0.2, 0.25) is 0 Å². The molecule has 2 aromatic heterocycles. The summed E-state index contributed by atoms with van der Waals surface area (Å²) in [6.45, 7) is 0.785. The number of fused-ring (bicyclic) bond motifs is 4. The average molecular weight is 453 g/mol. The smallest absolute Gasteiger partial charge is 0.158 e. The zero-order valence-electron chi connectivity index (χ0n) is 19.5. The maximum atomic E-state index is 4.97. The third-order valence-electron chi connectivity index (χ3n) is 6.96. The second-order valence-corrected chi connectivity index (χ2v) is 9.06. The SMILES string of the molecule is CN1CN(c2ccccc2)c2ncc(-c3cccc4c3c3ccccc3n4-c3ccccc3)cc21. The van der Waals surface area contributed by atoms with Crippen molar-refractivity contribution in [1.82, 2.24) is 9.55 Å². The molecule has 1 aliphatic rings. The van der Waals surface area contributed by atoms with Gasteiger partial charge in [-0.05, 0) is 48.0 Å². The minimum atomic E-state index is 0.785. The van der Waals surface area contributed by atoms with Gasteiger partial charge >= 0.3 is 0 Å². The summed E-state index contributed by atoms with van der Waals surface area (Å²) in [6.07, 6.45) is 2.03. The lowest BCUT2D eigenvalue weighted by Crippen LogP contribution is -2.24. The molecule has 0 saturated carbocycles. The Morgan fingerprint density at radius 1 is 0.686 bits per heavy atom. The summed E-state index contributed by atoms with van der Waals surface area (Å²) in [4.78, 5) is 9.51. The molecule has 0 radical (unpaired) electrons. The van der Waals surface area contributed by atoms with E-state index < -0.39 is 0 Å². The Morgan fingerprint density at radius 3 is 2.17 bits per heavy atom. The van der Waals surface area contributed by atoms with E-state index in [0.717, 1.165) is 29.4 Å². The van der Waals surface area contributed by atoms with Crippen LogP contribution in [-0.4, -0.2) is 23.3 Å². The van der Waals surface area contributed by atoms with Gasteiger partial charge in [-0.1, -0.05) is 66.7 Å². The van der Waals surface area contributed by atoms with Crippen molar-refractivity contribution in [3.8, 4) is 16.8 Å². The highest BCUT2D eigenvalue weighted by Gasteiger charge is 2.27. The van der Waals surface area contributed by atoms with E-state index in [4.69, 9.17) is 4.98 Å². The number of aromatic nitrogens is 2. The van der Waals surface area contributed by atoms with Crippen LogP contribution in [0, 0.1) is 0 Å². The summed E-state index contributed by atoms with van der Waals surface area (Å²) in [5.41, 5.74) is 8.22. The van der Waals surface area contributed by atoms with Gasteiger partial charge in [0.15, 0.2) is 5.82 Å². The molecule has 7 rings (SSSR count). The Labute approximate surface area is 204 Å². The van der Waals surface area contributed by atoms with Crippen LogP contribution >= 0.6 is 0 Å². The Balaban J connectivity index is 1.44. The predicted octanol–water partition coefficient (Wildman–Crippen LogP) is 7.39. The van der Waals surface area contributed by atoms with Crippen LogP contribution in [0.2, 0.25) is 0 Å². The number of hydrogen-bond acceptors (Lipinski definition) is 3. The lowest BCUT2D eigenvalue weighted by atomic mass is 10.0. The molecule has 6 aromatic rings. The zero-order chi connectivity index (χ0) is 23.4. The summed E-state index contributed by atoms with van der Waals surface area (Å²) in [5, 5.41) is 2.51. The van der Waals surface area contributed by atoms with Crippen molar-refractivity contribution in [2.75, 3.05) is 23.5 Å². The van der Waals surface area contributed by atoms with Gasteiger partial charge in [0.05, 0.1) is 23.4 Å². The van der Waals surface area contributed by atoms with Crippen LogP contribution in [0.3, 0.4) is 0 Å². The van der Waals surface area contributed by atoms with E-state index >= 15 is 0 Å². The largest absolute Gasteiger partial charge is 0.353 e. The Hall–Kier alpha value is -4.57. The summed E-state index contributed by atoms with van der Waals surface area (Å²) in [6, 6.07) is 38.6. The van der Waals surface area contributed by atoms with Crippen molar-refractivity contribution in [2.24, 2.45) is 0 Å². The van der Waals surface area contributed by atoms with Crippen molar-refractivity contribution in [3.05, 3.63) is 115 Å². The van der Waals surface area contributed by atoms with Gasteiger partial charge in [-0.15, -0.1) is 0 Å². The first-order valence-electron chi connectivity index (χ1n) is 11.9. The van der Waals surface area contributed by atoms with Gasteiger partial charge < -0.3 is 14.4 Å². The molecule has 4 nitrogen and oxygen atoms in total. The molecule has 168 valence electrons. The molecular formula is C31H24N4. The number of nitrogens with zero attached hydrogens (tertiary/aromatic N) is 4. The molecule has 4 aromatic carbocycles. The highest BCUT2D eigenvalue weighted by molar-refractivity contribution is 6.15. The Kier molecular flexibility index (Phi) is 4.39. The number of hydrogen-bond donors (Lipinski definition) is 0. The summed E-state index contributed by atoms with van der Waals surface area (Å²) in [7, 11) is 2.13. The number of rotatable bonds is 3. The van der Waals surface area contributed by atoms with Crippen molar-refractivity contribution < 1.29 is 0 Å². The molecule has 3 heterocycles. The maximum Gasteiger partial charge on any atom is 0.158 e. The van der Waals surface area contributed by atoms with Crippen molar-refractivity contribution in [3.63, 3.8) is 0 Å². The third kappa shape index (κ3) is 3.03. The normalized spacial score (nSPS) is 13.1. The number of para-hydroxylation sites is 3. The molecule has 0 amide bonds. The number of pyridine rings is 1.